The molecular formula is C8H7BrF2. The van der Waals surface area contributed by atoms with Crippen LogP contribution in [0.5, 0.6) is 0 Å². The van der Waals surface area contributed by atoms with Crippen LogP contribution >= 0.6 is 15.9 Å². The summed E-state index contributed by atoms with van der Waals surface area (Å²) in [5, 5.41) is 0. The maximum Gasteiger partial charge on any atom is 0.143 e. The molecule has 0 aromatic rings. The maximum atomic E-state index is 13.0. The smallest absolute Gasteiger partial charge is 0.143 e. The molecule has 0 atom stereocenters. The molecule has 0 bridgehead atoms. The van der Waals surface area contributed by atoms with E-state index in [1.807, 2.05) is 0 Å². The first kappa shape index (κ1) is 8.65. The molecular weight excluding hydrogens is 214 g/mol. The summed E-state index contributed by atoms with van der Waals surface area (Å²) in [7, 11) is 0. The minimum atomic E-state index is -0.524. The summed E-state index contributed by atoms with van der Waals surface area (Å²) in [5.41, 5.74) is -0.0110. The highest BCUT2D eigenvalue weighted by Crippen LogP contribution is 2.35. The quantitative estimate of drug-likeness (QED) is 0.632. The predicted octanol–water partition coefficient (Wildman–Crippen LogP) is 3.77. The molecule has 1 rings (SSSR count). The van der Waals surface area contributed by atoms with E-state index in [1.165, 1.54) is 6.08 Å². The standard InChI is InChI=1S/C8H7BrF2/c1-2-5-7(10)4-3-6(9)8(5)11/h2H,1,3-4H2. The minimum Gasteiger partial charge on any atom is -0.211 e. The van der Waals surface area contributed by atoms with E-state index in [-0.39, 0.29) is 12.0 Å². The van der Waals surface area contributed by atoms with Gasteiger partial charge in [0.2, 0.25) is 0 Å². The Morgan fingerprint density at radius 1 is 1.36 bits per heavy atom. The third-order valence-corrected chi connectivity index (χ3v) is 2.28. The van der Waals surface area contributed by atoms with Gasteiger partial charge < -0.3 is 0 Å². The first-order valence-corrected chi connectivity index (χ1v) is 4.01. The zero-order chi connectivity index (χ0) is 8.43. The molecule has 0 fully saturated rings. The third kappa shape index (κ3) is 1.59. The van der Waals surface area contributed by atoms with Crippen molar-refractivity contribution in [3.63, 3.8) is 0 Å². The highest BCUT2D eigenvalue weighted by molar-refractivity contribution is 9.11. The Balaban J connectivity index is 3.10. The van der Waals surface area contributed by atoms with Gasteiger partial charge in [-0.2, -0.15) is 0 Å². The first-order valence-electron chi connectivity index (χ1n) is 3.22. The fourth-order valence-electron chi connectivity index (χ4n) is 0.929. The van der Waals surface area contributed by atoms with Gasteiger partial charge in [0.15, 0.2) is 0 Å². The first-order chi connectivity index (χ1) is 5.16. The summed E-state index contributed by atoms with van der Waals surface area (Å²) in [6.07, 6.45) is 1.86. The Hall–Kier alpha value is -0.440. The van der Waals surface area contributed by atoms with E-state index in [4.69, 9.17) is 0 Å². The minimum absolute atomic E-state index is 0.0110. The van der Waals surface area contributed by atoms with Gasteiger partial charge in [0.05, 0.1) is 0 Å². The monoisotopic (exact) mass is 220 g/mol. The van der Waals surface area contributed by atoms with E-state index >= 15 is 0 Å². The molecule has 0 saturated carbocycles. The molecule has 0 radical (unpaired) electrons. The van der Waals surface area contributed by atoms with E-state index in [2.05, 4.69) is 22.5 Å². The number of rotatable bonds is 1. The van der Waals surface area contributed by atoms with Crippen molar-refractivity contribution in [1.29, 1.82) is 0 Å². The largest absolute Gasteiger partial charge is 0.211 e. The fourth-order valence-corrected chi connectivity index (χ4v) is 1.34. The van der Waals surface area contributed by atoms with Crippen LogP contribution in [0.25, 0.3) is 0 Å². The van der Waals surface area contributed by atoms with E-state index < -0.39 is 11.7 Å². The van der Waals surface area contributed by atoms with Crippen LogP contribution < -0.4 is 0 Å². The molecule has 0 spiro atoms. The van der Waals surface area contributed by atoms with E-state index in [9.17, 15) is 8.78 Å². The predicted molar refractivity (Wildman–Crippen MR) is 44.6 cm³/mol. The lowest BCUT2D eigenvalue weighted by Crippen LogP contribution is -1.95. The summed E-state index contributed by atoms with van der Waals surface area (Å²) < 4.78 is 26.2. The number of halogens is 3. The van der Waals surface area contributed by atoms with Crippen LogP contribution in [0.2, 0.25) is 0 Å². The Bertz CT molecular complexity index is 251. The van der Waals surface area contributed by atoms with Crippen molar-refractivity contribution >= 4 is 15.9 Å². The second-order valence-electron chi connectivity index (χ2n) is 2.24. The van der Waals surface area contributed by atoms with Crippen LogP contribution in [0.4, 0.5) is 8.78 Å². The van der Waals surface area contributed by atoms with Gasteiger partial charge in [-0.1, -0.05) is 28.6 Å². The topological polar surface area (TPSA) is 0 Å². The molecule has 0 unspecified atom stereocenters. The van der Waals surface area contributed by atoms with Crippen LogP contribution in [0.1, 0.15) is 12.8 Å². The van der Waals surface area contributed by atoms with Gasteiger partial charge in [-0.25, -0.2) is 8.78 Å². The summed E-state index contributed by atoms with van der Waals surface area (Å²) >= 11 is 3.02. The second-order valence-corrected chi connectivity index (χ2v) is 3.20. The van der Waals surface area contributed by atoms with Crippen molar-refractivity contribution in [1.82, 2.24) is 0 Å². The van der Waals surface area contributed by atoms with Crippen LogP contribution in [0, 0.1) is 0 Å². The van der Waals surface area contributed by atoms with E-state index in [1.54, 1.807) is 0 Å². The van der Waals surface area contributed by atoms with Crippen molar-refractivity contribution in [3.8, 4) is 0 Å². The molecule has 60 valence electrons. The van der Waals surface area contributed by atoms with Crippen LogP contribution in [-0.2, 0) is 0 Å². The number of allylic oxidation sites excluding steroid dienone is 5. The van der Waals surface area contributed by atoms with Gasteiger partial charge in [0, 0.05) is 16.5 Å². The van der Waals surface area contributed by atoms with Gasteiger partial charge in [-0.15, -0.1) is 0 Å². The molecule has 0 aromatic carbocycles. The number of hydrogen-bond donors (Lipinski definition) is 0. The molecule has 0 saturated heterocycles. The second kappa shape index (κ2) is 3.30. The average molecular weight is 221 g/mol. The van der Waals surface area contributed by atoms with Crippen LogP contribution in [0.3, 0.4) is 0 Å². The molecule has 1 aliphatic rings. The van der Waals surface area contributed by atoms with Crippen molar-refractivity contribution in [2.75, 3.05) is 0 Å². The molecule has 0 nitrogen and oxygen atoms in total. The summed E-state index contributed by atoms with van der Waals surface area (Å²) in [5.74, 6) is -0.940. The van der Waals surface area contributed by atoms with Gasteiger partial charge in [-0.3, -0.25) is 0 Å². The Kier molecular flexibility index (Phi) is 2.60. The lowest BCUT2D eigenvalue weighted by atomic mass is 10.1. The highest BCUT2D eigenvalue weighted by atomic mass is 79.9. The molecule has 0 aliphatic heterocycles. The van der Waals surface area contributed by atoms with Gasteiger partial charge in [-0.05, 0) is 6.42 Å². The Labute approximate surface area is 72.4 Å². The molecule has 0 amide bonds. The van der Waals surface area contributed by atoms with Crippen molar-refractivity contribution in [3.05, 3.63) is 34.4 Å². The van der Waals surface area contributed by atoms with Crippen molar-refractivity contribution in [2.24, 2.45) is 0 Å². The van der Waals surface area contributed by atoms with Gasteiger partial charge in [0.25, 0.3) is 0 Å². The molecule has 0 N–H and O–H groups in total. The summed E-state index contributed by atoms with van der Waals surface area (Å²) in [6.45, 7) is 3.33. The molecule has 0 heterocycles. The zero-order valence-corrected chi connectivity index (χ0v) is 7.42. The van der Waals surface area contributed by atoms with Gasteiger partial charge >= 0.3 is 0 Å². The van der Waals surface area contributed by atoms with E-state index in [0.29, 0.717) is 10.9 Å². The van der Waals surface area contributed by atoms with Crippen molar-refractivity contribution < 1.29 is 8.78 Å². The molecule has 11 heavy (non-hydrogen) atoms. The molecule has 0 aromatic heterocycles. The van der Waals surface area contributed by atoms with Crippen LogP contribution in [0.15, 0.2) is 34.4 Å². The normalized spacial score (nSPS) is 19.2. The lowest BCUT2D eigenvalue weighted by Gasteiger charge is -2.10. The molecule has 3 heteroatoms. The maximum absolute atomic E-state index is 13.0. The Morgan fingerprint density at radius 2 is 2.00 bits per heavy atom. The highest BCUT2D eigenvalue weighted by Gasteiger charge is 2.18. The average Bonchev–Trinajstić information content (AvgIpc) is 1.99. The third-order valence-electron chi connectivity index (χ3n) is 1.53. The molecule has 1 aliphatic carbocycles. The van der Waals surface area contributed by atoms with Gasteiger partial charge in [0.1, 0.15) is 11.7 Å². The summed E-state index contributed by atoms with van der Waals surface area (Å²) in [4.78, 5) is 0. The lowest BCUT2D eigenvalue weighted by molar-refractivity contribution is 0.545. The number of hydrogen-bond acceptors (Lipinski definition) is 0. The van der Waals surface area contributed by atoms with Crippen LogP contribution in [-0.4, -0.2) is 0 Å². The van der Waals surface area contributed by atoms with E-state index in [0.717, 1.165) is 0 Å². The zero-order valence-electron chi connectivity index (χ0n) is 5.83. The van der Waals surface area contributed by atoms with Crippen molar-refractivity contribution in [2.45, 2.75) is 12.8 Å². The SMILES string of the molecule is C=CC1=C(F)CCC(Br)=C1F. The fraction of sp³-hybridized carbons (Fsp3) is 0.250. The Morgan fingerprint density at radius 3 is 2.45 bits per heavy atom. The summed E-state index contributed by atoms with van der Waals surface area (Å²) in [6, 6.07) is 0.